The first-order chi connectivity index (χ1) is 13.1. The highest BCUT2D eigenvalue weighted by atomic mass is 79.9. The van der Waals surface area contributed by atoms with Gasteiger partial charge in [0, 0.05) is 47.6 Å². The largest absolute Gasteiger partial charge is 0.288 e. The van der Waals surface area contributed by atoms with Gasteiger partial charge in [0.15, 0.2) is 5.65 Å². The van der Waals surface area contributed by atoms with Crippen LogP contribution in [0.1, 0.15) is 22.0 Å². The maximum absolute atomic E-state index is 13.4. The molecule has 0 saturated carbocycles. The number of benzene rings is 1. The van der Waals surface area contributed by atoms with Gasteiger partial charge in [-0.15, -0.1) is 10.2 Å². The zero-order valence-electron chi connectivity index (χ0n) is 14.5. The van der Waals surface area contributed by atoms with Gasteiger partial charge < -0.3 is 0 Å². The van der Waals surface area contributed by atoms with Crippen molar-refractivity contribution in [3.05, 3.63) is 75.1 Å². The summed E-state index contributed by atoms with van der Waals surface area (Å²) in [5.41, 5.74) is 2.61. The molecule has 4 rings (SSSR count). The zero-order chi connectivity index (χ0) is 18.8. The quantitative estimate of drug-likeness (QED) is 0.448. The molecule has 0 radical (unpaired) electrons. The third-order valence-electron chi connectivity index (χ3n) is 4.22. The van der Waals surface area contributed by atoms with Crippen LogP contribution in [0.15, 0.2) is 47.3 Å². The van der Waals surface area contributed by atoms with E-state index in [1.165, 1.54) is 23.7 Å². The standard InChI is InChI=1S/C18H16BrFN6S/c1-12-23-24-18-17(21-6-7-26(12)18)11-25(10-15-4-5-22-27-15)9-13-2-3-14(20)8-16(13)19/h2-8H,9-11H2,1H3. The lowest BCUT2D eigenvalue weighted by Gasteiger charge is -2.22. The molecule has 0 fully saturated rings. The van der Waals surface area contributed by atoms with E-state index in [1.807, 2.05) is 23.6 Å². The highest BCUT2D eigenvalue weighted by molar-refractivity contribution is 9.10. The van der Waals surface area contributed by atoms with Crippen LogP contribution in [0.4, 0.5) is 4.39 Å². The van der Waals surface area contributed by atoms with E-state index in [4.69, 9.17) is 0 Å². The summed E-state index contributed by atoms with van der Waals surface area (Å²) in [6.07, 6.45) is 5.42. The van der Waals surface area contributed by atoms with Crippen molar-refractivity contribution in [2.24, 2.45) is 0 Å². The summed E-state index contributed by atoms with van der Waals surface area (Å²) < 4.78 is 20.3. The van der Waals surface area contributed by atoms with E-state index in [-0.39, 0.29) is 5.82 Å². The molecule has 4 aromatic rings. The normalized spacial score (nSPS) is 11.6. The van der Waals surface area contributed by atoms with Crippen molar-refractivity contribution in [1.82, 2.24) is 28.9 Å². The third kappa shape index (κ3) is 4.05. The number of hydrogen-bond donors (Lipinski definition) is 0. The van der Waals surface area contributed by atoms with Crippen LogP contribution in [-0.4, -0.2) is 28.9 Å². The van der Waals surface area contributed by atoms with Crippen molar-refractivity contribution in [3.63, 3.8) is 0 Å². The van der Waals surface area contributed by atoms with Crippen LogP contribution in [0.2, 0.25) is 0 Å². The molecular formula is C18H16BrFN6S. The Labute approximate surface area is 168 Å². The molecule has 0 saturated heterocycles. The number of hydrogen-bond acceptors (Lipinski definition) is 6. The van der Waals surface area contributed by atoms with Crippen LogP contribution in [0.5, 0.6) is 0 Å². The number of aryl methyl sites for hydroxylation is 1. The van der Waals surface area contributed by atoms with Crippen LogP contribution in [0.3, 0.4) is 0 Å². The van der Waals surface area contributed by atoms with Crippen molar-refractivity contribution in [2.45, 2.75) is 26.6 Å². The summed E-state index contributed by atoms with van der Waals surface area (Å²) in [4.78, 5) is 7.90. The zero-order valence-corrected chi connectivity index (χ0v) is 16.9. The molecule has 1 aromatic carbocycles. The highest BCUT2D eigenvalue weighted by Gasteiger charge is 2.16. The van der Waals surface area contributed by atoms with Crippen LogP contribution in [0.25, 0.3) is 5.65 Å². The lowest BCUT2D eigenvalue weighted by molar-refractivity contribution is 0.247. The Morgan fingerprint density at radius 3 is 2.81 bits per heavy atom. The molecule has 0 spiro atoms. The van der Waals surface area contributed by atoms with E-state index in [9.17, 15) is 4.39 Å². The van der Waals surface area contributed by atoms with Crippen LogP contribution >= 0.6 is 27.5 Å². The Hall–Kier alpha value is -2.23. The maximum atomic E-state index is 13.4. The summed E-state index contributed by atoms with van der Waals surface area (Å²) >= 11 is 4.93. The maximum Gasteiger partial charge on any atom is 0.183 e. The third-order valence-corrected chi connectivity index (χ3v) is 5.69. The lowest BCUT2D eigenvalue weighted by Crippen LogP contribution is -2.23. The summed E-state index contributed by atoms with van der Waals surface area (Å²) in [5.74, 6) is 0.564. The average Bonchev–Trinajstić information content (AvgIpc) is 3.28. The number of nitrogens with zero attached hydrogens (tertiary/aromatic N) is 6. The Morgan fingerprint density at radius 2 is 2.04 bits per heavy atom. The van der Waals surface area contributed by atoms with Gasteiger partial charge in [-0.25, -0.2) is 8.76 Å². The molecule has 9 heteroatoms. The Morgan fingerprint density at radius 1 is 1.15 bits per heavy atom. The van der Waals surface area contributed by atoms with Crippen LogP contribution in [0, 0.1) is 12.7 Å². The molecule has 3 aromatic heterocycles. The number of halogens is 2. The second-order valence-corrected chi connectivity index (χ2v) is 7.95. The molecule has 0 unspecified atom stereocenters. The molecule has 0 aliphatic rings. The molecule has 0 aliphatic heterocycles. The molecule has 27 heavy (non-hydrogen) atoms. The van der Waals surface area contributed by atoms with E-state index < -0.39 is 0 Å². The fourth-order valence-electron chi connectivity index (χ4n) is 2.92. The van der Waals surface area contributed by atoms with E-state index in [0.717, 1.165) is 32.1 Å². The number of aromatic nitrogens is 5. The first-order valence-electron chi connectivity index (χ1n) is 8.31. The molecule has 0 amide bonds. The second-order valence-electron chi connectivity index (χ2n) is 6.17. The molecule has 0 aliphatic carbocycles. The van der Waals surface area contributed by atoms with Gasteiger partial charge >= 0.3 is 0 Å². The summed E-state index contributed by atoms with van der Waals surface area (Å²) in [7, 11) is 0. The van der Waals surface area contributed by atoms with E-state index in [1.54, 1.807) is 18.5 Å². The predicted molar refractivity (Wildman–Crippen MR) is 105 cm³/mol. The molecule has 0 N–H and O–H groups in total. The SMILES string of the molecule is Cc1nnc2c(CN(Cc3ccns3)Cc3ccc(F)cc3Br)nccn12. The van der Waals surface area contributed by atoms with Crippen molar-refractivity contribution >= 4 is 33.1 Å². The Kier molecular flexibility index (Phi) is 5.24. The van der Waals surface area contributed by atoms with Gasteiger partial charge in [-0.3, -0.25) is 14.3 Å². The smallest absolute Gasteiger partial charge is 0.183 e. The van der Waals surface area contributed by atoms with Crippen molar-refractivity contribution in [2.75, 3.05) is 0 Å². The minimum atomic E-state index is -0.259. The highest BCUT2D eigenvalue weighted by Crippen LogP contribution is 2.23. The minimum absolute atomic E-state index is 0.259. The summed E-state index contributed by atoms with van der Waals surface area (Å²) in [5, 5.41) is 8.40. The predicted octanol–water partition coefficient (Wildman–Crippen LogP) is 3.99. The Balaban J connectivity index is 1.64. The van der Waals surface area contributed by atoms with Crippen molar-refractivity contribution in [3.8, 4) is 0 Å². The van der Waals surface area contributed by atoms with Gasteiger partial charge in [-0.2, -0.15) is 0 Å². The molecular weight excluding hydrogens is 431 g/mol. The van der Waals surface area contributed by atoms with Crippen molar-refractivity contribution < 1.29 is 4.39 Å². The summed E-state index contributed by atoms with van der Waals surface area (Å²) in [6.45, 7) is 3.84. The summed E-state index contributed by atoms with van der Waals surface area (Å²) in [6, 6.07) is 6.77. The second kappa shape index (κ2) is 7.79. The molecule has 0 atom stereocenters. The van der Waals surface area contributed by atoms with Gasteiger partial charge in [0.2, 0.25) is 0 Å². The number of fused-ring (bicyclic) bond motifs is 1. The fourth-order valence-corrected chi connectivity index (χ4v) is 4.01. The van der Waals surface area contributed by atoms with Crippen LogP contribution in [-0.2, 0) is 19.6 Å². The molecule has 3 heterocycles. The Bertz CT molecular complexity index is 1070. The van der Waals surface area contributed by atoms with E-state index >= 15 is 0 Å². The number of rotatable bonds is 6. The monoisotopic (exact) mass is 446 g/mol. The fraction of sp³-hybridized carbons (Fsp3) is 0.222. The molecule has 0 bridgehead atoms. The minimum Gasteiger partial charge on any atom is -0.288 e. The first-order valence-corrected chi connectivity index (χ1v) is 9.88. The lowest BCUT2D eigenvalue weighted by atomic mass is 10.2. The topological polar surface area (TPSA) is 59.2 Å². The first kappa shape index (κ1) is 18.1. The van der Waals surface area contributed by atoms with Gasteiger partial charge in [-0.1, -0.05) is 22.0 Å². The van der Waals surface area contributed by atoms with E-state index in [2.05, 4.69) is 40.4 Å². The van der Waals surface area contributed by atoms with Gasteiger partial charge in [0.05, 0.1) is 5.69 Å². The van der Waals surface area contributed by atoms with Gasteiger partial charge in [-0.05, 0) is 42.2 Å². The van der Waals surface area contributed by atoms with Crippen LogP contribution < -0.4 is 0 Å². The van der Waals surface area contributed by atoms with Crippen molar-refractivity contribution in [1.29, 1.82) is 0 Å². The molecule has 138 valence electrons. The van der Waals surface area contributed by atoms with Gasteiger partial charge in [0.1, 0.15) is 11.6 Å². The van der Waals surface area contributed by atoms with E-state index in [0.29, 0.717) is 19.6 Å². The molecule has 6 nitrogen and oxygen atoms in total. The van der Waals surface area contributed by atoms with Gasteiger partial charge in [0.25, 0.3) is 0 Å². The average molecular weight is 447 g/mol.